The minimum atomic E-state index is -1.24. The highest BCUT2D eigenvalue weighted by atomic mass is 28.3. The topological polar surface area (TPSA) is 114 Å². The second-order valence-corrected chi connectivity index (χ2v) is 14.9. The maximum Gasteiger partial charge on any atom is 0.416 e. The number of aliphatic hydroxyl groups is 1. The number of amides is 2. The van der Waals surface area contributed by atoms with E-state index in [0.29, 0.717) is 31.8 Å². The number of anilines is 2. The lowest BCUT2D eigenvalue weighted by Crippen LogP contribution is -2.42. The number of hydrogen-bond donors (Lipinski definition) is 1. The van der Waals surface area contributed by atoms with E-state index in [2.05, 4.69) is 29.6 Å². The molecule has 11 heteroatoms. The molecule has 1 aromatic rings. The lowest BCUT2D eigenvalue weighted by atomic mass is 9.78. The first-order valence-corrected chi connectivity index (χ1v) is 14.0. The van der Waals surface area contributed by atoms with Crippen LogP contribution >= 0.6 is 0 Å². The molecule has 1 aromatic heterocycles. The summed E-state index contributed by atoms with van der Waals surface area (Å²) in [5.41, 5.74) is 0. The van der Waals surface area contributed by atoms with Gasteiger partial charge in [-0.05, 0) is 18.9 Å². The van der Waals surface area contributed by atoms with Crippen molar-refractivity contribution in [1.29, 1.82) is 0 Å². The molecule has 1 saturated heterocycles. The summed E-state index contributed by atoms with van der Waals surface area (Å²) in [6.45, 7) is 7.62. The van der Waals surface area contributed by atoms with Gasteiger partial charge >= 0.3 is 6.09 Å². The molecule has 1 atom stereocenters. The minimum absolute atomic E-state index is 0.0604. The van der Waals surface area contributed by atoms with Crippen LogP contribution in [0, 0.1) is 5.92 Å². The van der Waals surface area contributed by atoms with Crippen LogP contribution in [-0.2, 0) is 14.3 Å². The number of cyclic esters (lactones) is 1. The van der Waals surface area contributed by atoms with Crippen molar-refractivity contribution in [2.45, 2.75) is 50.7 Å². The molecule has 0 radical (unpaired) electrons. The Bertz CT molecular complexity index is 826. The predicted octanol–water partition coefficient (Wildman–Crippen LogP) is 1.61. The number of aliphatic hydroxyl groups excluding tert-OH is 1. The van der Waals surface area contributed by atoms with Gasteiger partial charge in [-0.25, -0.2) is 14.8 Å². The molecular weight excluding hydrogens is 408 g/mol. The molecule has 2 aliphatic heterocycles. The summed E-state index contributed by atoms with van der Waals surface area (Å²) in [5, 5.41) is 9.51. The lowest BCUT2D eigenvalue weighted by Gasteiger charge is -2.34. The number of ether oxygens (including phenoxy) is 3. The van der Waals surface area contributed by atoms with Crippen LogP contribution < -0.4 is 14.5 Å². The Morgan fingerprint density at radius 1 is 1.30 bits per heavy atom. The number of rotatable bonds is 7. The number of aromatic nitrogens is 2. The second kappa shape index (κ2) is 8.12. The zero-order chi connectivity index (χ0) is 21.5. The molecule has 2 fully saturated rings. The van der Waals surface area contributed by atoms with Gasteiger partial charge in [-0.2, -0.15) is 0 Å². The lowest BCUT2D eigenvalue weighted by molar-refractivity contribution is -0.122. The summed E-state index contributed by atoms with van der Waals surface area (Å²) in [4.78, 5) is 36.3. The Morgan fingerprint density at radius 3 is 2.77 bits per heavy atom. The van der Waals surface area contributed by atoms with Crippen molar-refractivity contribution in [3.05, 3.63) is 6.20 Å². The van der Waals surface area contributed by atoms with E-state index in [4.69, 9.17) is 14.2 Å². The van der Waals surface area contributed by atoms with Crippen LogP contribution in [0.25, 0.3) is 0 Å². The van der Waals surface area contributed by atoms with Crippen molar-refractivity contribution in [1.82, 2.24) is 9.97 Å². The highest BCUT2D eigenvalue weighted by Gasteiger charge is 2.43. The highest BCUT2D eigenvalue weighted by molar-refractivity contribution is 6.76. The molecule has 1 N–H and O–H groups in total. The zero-order valence-corrected chi connectivity index (χ0v) is 18.5. The number of nitrogens with zero attached hydrogens (tertiary/aromatic N) is 4. The minimum Gasteiger partial charge on any atom is -0.465 e. The average Bonchev–Trinajstić information content (AvgIpc) is 3.04. The summed E-state index contributed by atoms with van der Waals surface area (Å²) in [5.74, 6) is 0.657. The maximum atomic E-state index is 12.4. The molecule has 10 nitrogen and oxygen atoms in total. The highest BCUT2D eigenvalue weighted by Crippen LogP contribution is 2.37. The summed E-state index contributed by atoms with van der Waals surface area (Å²) in [7, 11) is -1.24. The van der Waals surface area contributed by atoms with Gasteiger partial charge in [0.05, 0.1) is 18.8 Å². The SMILES string of the molecule is C[Si](C)(C)CCOCN1C(=O)COc2ncc(N3CC(C4CC(O)C4)OC3=O)nc21. The van der Waals surface area contributed by atoms with Crippen molar-refractivity contribution >= 4 is 31.7 Å². The fourth-order valence-electron chi connectivity index (χ4n) is 3.61. The second-order valence-electron chi connectivity index (χ2n) is 9.23. The number of hydrogen-bond acceptors (Lipinski definition) is 8. The van der Waals surface area contributed by atoms with Crippen LogP contribution in [0.5, 0.6) is 5.88 Å². The van der Waals surface area contributed by atoms with Gasteiger partial charge in [0, 0.05) is 20.6 Å². The zero-order valence-electron chi connectivity index (χ0n) is 17.5. The molecule has 3 heterocycles. The molecular formula is C19H28N4O6Si. The quantitative estimate of drug-likeness (QED) is 0.506. The number of carbonyl (C=O) groups excluding carboxylic acids is 2. The molecule has 1 saturated carbocycles. The van der Waals surface area contributed by atoms with Crippen LogP contribution in [0.1, 0.15) is 12.8 Å². The van der Waals surface area contributed by atoms with Gasteiger partial charge < -0.3 is 19.3 Å². The van der Waals surface area contributed by atoms with Gasteiger partial charge in [-0.3, -0.25) is 14.6 Å². The van der Waals surface area contributed by atoms with E-state index in [1.54, 1.807) is 0 Å². The predicted molar refractivity (Wildman–Crippen MR) is 110 cm³/mol. The largest absolute Gasteiger partial charge is 0.465 e. The Labute approximate surface area is 176 Å². The smallest absolute Gasteiger partial charge is 0.416 e. The molecule has 1 unspecified atom stereocenters. The van der Waals surface area contributed by atoms with Crippen LogP contribution in [-0.4, -0.2) is 73.8 Å². The summed E-state index contributed by atoms with van der Waals surface area (Å²) < 4.78 is 16.6. The molecule has 1 aliphatic carbocycles. The van der Waals surface area contributed by atoms with E-state index < -0.39 is 14.2 Å². The van der Waals surface area contributed by atoms with E-state index in [9.17, 15) is 14.7 Å². The Hall–Kier alpha value is -2.24. The fraction of sp³-hybridized carbons (Fsp3) is 0.684. The maximum absolute atomic E-state index is 12.4. The molecule has 4 rings (SSSR count). The van der Waals surface area contributed by atoms with Crippen LogP contribution in [0.4, 0.5) is 16.4 Å². The normalized spacial score (nSPS) is 26.2. The Kier molecular flexibility index (Phi) is 5.69. The fourth-order valence-corrected chi connectivity index (χ4v) is 4.37. The van der Waals surface area contributed by atoms with Crippen molar-refractivity contribution < 1.29 is 28.9 Å². The first kappa shape index (κ1) is 21.0. The average molecular weight is 437 g/mol. The van der Waals surface area contributed by atoms with Gasteiger partial charge in [-0.1, -0.05) is 19.6 Å². The van der Waals surface area contributed by atoms with Crippen LogP contribution in [0.15, 0.2) is 6.20 Å². The van der Waals surface area contributed by atoms with E-state index in [-0.39, 0.29) is 49.1 Å². The van der Waals surface area contributed by atoms with E-state index in [1.165, 1.54) is 16.0 Å². The van der Waals surface area contributed by atoms with Gasteiger partial charge in [0.15, 0.2) is 12.4 Å². The third kappa shape index (κ3) is 4.42. The first-order valence-electron chi connectivity index (χ1n) is 10.3. The molecule has 2 amide bonds. The summed E-state index contributed by atoms with van der Waals surface area (Å²) in [6, 6.07) is 0.987. The van der Waals surface area contributed by atoms with Crippen molar-refractivity contribution in [2.75, 3.05) is 36.3 Å². The third-order valence-corrected chi connectivity index (χ3v) is 7.31. The van der Waals surface area contributed by atoms with Gasteiger partial charge in [0.1, 0.15) is 12.8 Å². The van der Waals surface area contributed by atoms with Crippen LogP contribution in [0.3, 0.4) is 0 Å². The van der Waals surface area contributed by atoms with E-state index >= 15 is 0 Å². The van der Waals surface area contributed by atoms with Crippen molar-refractivity contribution in [2.24, 2.45) is 5.92 Å². The van der Waals surface area contributed by atoms with Gasteiger partial charge in [0.25, 0.3) is 11.8 Å². The van der Waals surface area contributed by atoms with Crippen molar-refractivity contribution in [3.8, 4) is 5.88 Å². The van der Waals surface area contributed by atoms with Gasteiger partial charge in [0.2, 0.25) is 5.82 Å². The van der Waals surface area contributed by atoms with Crippen molar-refractivity contribution in [3.63, 3.8) is 0 Å². The number of fused-ring (bicyclic) bond motifs is 1. The van der Waals surface area contributed by atoms with E-state index in [0.717, 1.165) is 6.04 Å². The molecule has 0 spiro atoms. The Morgan fingerprint density at radius 2 is 2.07 bits per heavy atom. The number of carbonyl (C=O) groups is 2. The Balaban J connectivity index is 1.46. The molecule has 0 aromatic carbocycles. The molecule has 164 valence electrons. The monoisotopic (exact) mass is 436 g/mol. The van der Waals surface area contributed by atoms with E-state index in [1.807, 2.05) is 0 Å². The molecule has 3 aliphatic rings. The first-order chi connectivity index (χ1) is 14.2. The molecule has 30 heavy (non-hydrogen) atoms. The third-order valence-electron chi connectivity index (χ3n) is 5.60. The summed E-state index contributed by atoms with van der Waals surface area (Å²) in [6.07, 6.45) is 1.61. The standard InChI is InChI=1S/C19H28N4O6Si/c1-30(2,3)5-4-27-11-23-16(25)10-28-18-17(23)21-15(8-20-18)22-9-14(29-19(22)26)12-6-13(24)7-12/h8,12-14,24H,4-7,9-11H2,1-3H3. The molecule has 0 bridgehead atoms. The van der Waals surface area contributed by atoms with Crippen LogP contribution in [0.2, 0.25) is 25.7 Å². The van der Waals surface area contributed by atoms with Gasteiger partial charge in [-0.15, -0.1) is 0 Å². The summed E-state index contributed by atoms with van der Waals surface area (Å²) >= 11 is 0.